The van der Waals surface area contributed by atoms with Crippen LogP contribution in [0, 0.1) is 5.82 Å². The monoisotopic (exact) mass is 660 g/mol. The number of carbonyl (C=O) groups excluding carboxylic acids is 3. The molecule has 0 bridgehead atoms. The molecular weight excluding hydrogens is 628 g/mol. The van der Waals surface area contributed by atoms with Crippen LogP contribution in [0.25, 0.3) is 5.69 Å². The number of amides is 3. The average molecular weight is 661 g/mol. The molecule has 6 rings (SSSR count). The number of fused-ring (bicyclic) bond motifs is 1. The molecule has 0 radical (unpaired) electrons. The lowest BCUT2D eigenvalue weighted by molar-refractivity contribution is -0.137. The molecule has 13 heteroatoms. The quantitative estimate of drug-likeness (QED) is 0.199. The molecule has 1 unspecified atom stereocenters. The summed E-state index contributed by atoms with van der Waals surface area (Å²) in [4.78, 5) is 48.4. The number of halogens is 4. The predicted octanol–water partition coefficient (Wildman–Crippen LogP) is 5.52. The van der Waals surface area contributed by atoms with Crippen molar-refractivity contribution in [2.24, 2.45) is 4.99 Å². The van der Waals surface area contributed by atoms with Crippen molar-refractivity contribution in [1.29, 1.82) is 0 Å². The Kier molecular flexibility index (Phi) is 8.87. The zero-order valence-electron chi connectivity index (χ0n) is 26.1. The lowest BCUT2D eigenvalue weighted by Crippen LogP contribution is -2.55. The molecule has 0 spiro atoms. The Labute approximate surface area is 273 Å². The fourth-order valence-electron chi connectivity index (χ4n) is 6.48. The third kappa shape index (κ3) is 6.07. The molecule has 3 heterocycles. The highest BCUT2D eigenvalue weighted by Crippen LogP contribution is 2.44. The van der Waals surface area contributed by atoms with Gasteiger partial charge in [0.05, 0.1) is 29.5 Å². The van der Waals surface area contributed by atoms with Crippen LogP contribution < -0.4 is 10.2 Å². The van der Waals surface area contributed by atoms with Crippen molar-refractivity contribution in [2.45, 2.75) is 50.5 Å². The van der Waals surface area contributed by atoms with Gasteiger partial charge in [-0.2, -0.15) is 18.3 Å². The number of benzene rings is 3. The van der Waals surface area contributed by atoms with Crippen molar-refractivity contribution in [3.05, 3.63) is 113 Å². The molecule has 3 aromatic carbocycles. The van der Waals surface area contributed by atoms with Gasteiger partial charge in [-0.3, -0.25) is 24.3 Å². The summed E-state index contributed by atoms with van der Waals surface area (Å²) in [6.45, 7) is 1.96. The molecule has 1 fully saturated rings. The van der Waals surface area contributed by atoms with E-state index in [1.165, 1.54) is 35.2 Å². The summed E-state index contributed by atoms with van der Waals surface area (Å²) >= 11 is 0. The van der Waals surface area contributed by atoms with Gasteiger partial charge in [-0.05, 0) is 61.4 Å². The van der Waals surface area contributed by atoms with Crippen molar-refractivity contribution in [1.82, 2.24) is 20.0 Å². The number of alkyl halides is 3. The fourth-order valence-corrected chi connectivity index (χ4v) is 6.48. The van der Waals surface area contributed by atoms with Gasteiger partial charge in [-0.1, -0.05) is 36.4 Å². The van der Waals surface area contributed by atoms with Crippen LogP contribution in [0.4, 0.5) is 23.4 Å². The number of carbonyl (C=O) groups is 3. The number of rotatable bonds is 8. The number of aromatic nitrogens is 2. The first-order chi connectivity index (χ1) is 23.0. The standard InChI is InChI=1S/C35H32F4N6O3/c1-3-43-33-30(27(42-45(33)25-10-5-4-6-11-25)20-44-26(19-40-2)16-17-28(44)46)29(21-12-14-24(36)15-13-21)31(34(43)48)41-32(47)22-8-7-9-23(18-22)35(37,38)39/h4-15,18-19,26,29,31H,3,16-17,20H2,1-2H3,(H,41,47)/t26?,29-,31-/m0/s1. The van der Waals surface area contributed by atoms with Crippen molar-refractivity contribution in [3.63, 3.8) is 0 Å². The number of hydrogen-bond donors (Lipinski definition) is 1. The second-order valence-corrected chi connectivity index (χ2v) is 11.6. The SMILES string of the molecule is CCN1C(=O)[C@@H](NC(=O)c2cccc(C(F)(F)F)c2)[C@@H](c2ccc(F)cc2)c2c(CN3C(=O)CCC3C=NC)nn(-c3ccccc3)c21. The molecule has 4 aromatic rings. The van der Waals surface area contributed by atoms with Crippen LogP contribution >= 0.6 is 0 Å². The molecule has 48 heavy (non-hydrogen) atoms. The molecule has 3 amide bonds. The van der Waals surface area contributed by atoms with Gasteiger partial charge in [0.1, 0.15) is 17.7 Å². The van der Waals surface area contributed by atoms with Crippen molar-refractivity contribution >= 4 is 29.8 Å². The van der Waals surface area contributed by atoms with Crippen LogP contribution in [0.2, 0.25) is 0 Å². The van der Waals surface area contributed by atoms with Gasteiger partial charge in [0.15, 0.2) is 0 Å². The summed E-state index contributed by atoms with van der Waals surface area (Å²) in [6, 6.07) is 16.9. The van der Waals surface area contributed by atoms with Crippen LogP contribution in [-0.4, -0.2) is 64.3 Å². The fraction of sp³-hybridized carbons (Fsp3) is 0.286. The Balaban J connectivity index is 1.54. The Bertz CT molecular complexity index is 1870. The Hall–Kier alpha value is -5.33. The van der Waals surface area contributed by atoms with Crippen LogP contribution in [0.1, 0.15) is 58.4 Å². The van der Waals surface area contributed by atoms with E-state index in [2.05, 4.69) is 10.3 Å². The summed E-state index contributed by atoms with van der Waals surface area (Å²) < 4.78 is 56.4. The smallest absolute Gasteiger partial charge is 0.339 e. The van der Waals surface area contributed by atoms with Crippen LogP contribution in [0.5, 0.6) is 0 Å². The van der Waals surface area contributed by atoms with Gasteiger partial charge >= 0.3 is 6.18 Å². The number of likely N-dealkylation sites (tertiary alicyclic amines) is 1. The number of aliphatic imine (C=N–C) groups is 1. The zero-order valence-corrected chi connectivity index (χ0v) is 26.1. The van der Waals surface area contributed by atoms with Crippen LogP contribution in [-0.2, 0) is 22.3 Å². The van der Waals surface area contributed by atoms with Gasteiger partial charge in [0, 0.05) is 43.3 Å². The van der Waals surface area contributed by atoms with E-state index in [1.54, 1.807) is 29.8 Å². The maximum Gasteiger partial charge on any atom is 0.416 e. The molecule has 2 aliphatic heterocycles. The maximum atomic E-state index is 14.4. The first kappa shape index (κ1) is 32.6. The van der Waals surface area contributed by atoms with Crippen molar-refractivity contribution < 1.29 is 31.9 Å². The lowest BCUT2D eigenvalue weighted by atomic mass is 9.80. The molecule has 3 atom stereocenters. The number of para-hydroxylation sites is 1. The third-order valence-electron chi connectivity index (χ3n) is 8.71. The minimum Gasteiger partial charge on any atom is -0.339 e. The van der Waals surface area contributed by atoms with E-state index in [-0.39, 0.29) is 30.6 Å². The van der Waals surface area contributed by atoms with E-state index in [4.69, 9.17) is 5.10 Å². The highest BCUT2D eigenvalue weighted by Gasteiger charge is 2.47. The Morgan fingerprint density at radius 3 is 2.44 bits per heavy atom. The summed E-state index contributed by atoms with van der Waals surface area (Å²) in [6.07, 6.45) is -2.11. The van der Waals surface area contributed by atoms with Gasteiger partial charge in [0.2, 0.25) is 5.91 Å². The summed E-state index contributed by atoms with van der Waals surface area (Å²) in [5.41, 5.74) is 0.767. The molecular formula is C35H32F4N6O3. The average Bonchev–Trinajstić information content (AvgIpc) is 3.62. The number of nitrogens with zero attached hydrogens (tertiary/aromatic N) is 5. The first-order valence-corrected chi connectivity index (χ1v) is 15.5. The highest BCUT2D eigenvalue weighted by molar-refractivity contribution is 6.05. The van der Waals surface area contributed by atoms with Gasteiger partial charge < -0.3 is 10.2 Å². The molecule has 9 nitrogen and oxygen atoms in total. The minimum atomic E-state index is -4.68. The van der Waals surface area contributed by atoms with Gasteiger partial charge in [-0.15, -0.1) is 0 Å². The van der Waals surface area contributed by atoms with E-state index < -0.39 is 41.3 Å². The molecule has 1 aromatic heterocycles. The number of anilines is 1. The van der Waals surface area contributed by atoms with Crippen LogP contribution in [0.3, 0.4) is 0 Å². The van der Waals surface area contributed by atoms with E-state index in [9.17, 15) is 31.9 Å². The summed E-state index contributed by atoms with van der Waals surface area (Å²) in [5.74, 6) is -2.59. The number of nitrogens with one attached hydrogen (secondary N) is 1. The molecule has 1 saturated heterocycles. The van der Waals surface area contributed by atoms with Gasteiger partial charge in [0.25, 0.3) is 11.8 Å². The van der Waals surface area contributed by atoms with Gasteiger partial charge in [-0.25, -0.2) is 9.07 Å². The maximum absolute atomic E-state index is 14.4. The highest BCUT2D eigenvalue weighted by atomic mass is 19.4. The van der Waals surface area contributed by atoms with E-state index in [1.807, 2.05) is 30.3 Å². The van der Waals surface area contributed by atoms with Crippen LogP contribution in [0.15, 0.2) is 83.9 Å². The lowest BCUT2D eigenvalue weighted by Gasteiger charge is -2.38. The summed E-state index contributed by atoms with van der Waals surface area (Å²) in [7, 11) is 1.62. The predicted molar refractivity (Wildman–Crippen MR) is 171 cm³/mol. The van der Waals surface area contributed by atoms with Crippen molar-refractivity contribution in [2.75, 3.05) is 18.5 Å². The zero-order chi connectivity index (χ0) is 34.2. The Morgan fingerprint density at radius 1 is 1.04 bits per heavy atom. The minimum absolute atomic E-state index is 0.0510. The molecule has 2 aliphatic rings. The van der Waals surface area contributed by atoms with E-state index in [0.29, 0.717) is 41.2 Å². The number of likely N-dealkylation sites (N-methyl/N-ethyl adjacent to an activating group) is 1. The largest absolute Gasteiger partial charge is 0.416 e. The topological polar surface area (TPSA) is 99.9 Å². The molecule has 0 aliphatic carbocycles. The molecule has 248 valence electrons. The summed E-state index contributed by atoms with van der Waals surface area (Å²) in [5, 5.41) is 7.67. The van der Waals surface area contributed by atoms with E-state index in [0.717, 1.165) is 18.2 Å². The first-order valence-electron chi connectivity index (χ1n) is 15.5. The second-order valence-electron chi connectivity index (χ2n) is 11.6. The molecule has 1 N–H and O–H groups in total. The molecule has 0 saturated carbocycles. The number of hydrogen-bond acceptors (Lipinski definition) is 5. The van der Waals surface area contributed by atoms with E-state index >= 15 is 0 Å². The van der Waals surface area contributed by atoms with Crippen molar-refractivity contribution in [3.8, 4) is 5.69 Å². The normalized spacial score (nSPS) is 19.7. The Morgan fingerprint density at radius 2 is 1.77 bits per heavy atom. The second kappa shape index (κ2) is 13.1. The third-order valence-corrected chi connectivity index (χ3v) is 8.71.